The summed E-state index contributed by atoms with van der Waals surface area (Å²) in [6.45, 7) is 3.65. The van der Waals surface area contributed by atoms with E-state index in [1.165, 1.54) is 0 Å². The molecule has 0 atom stereocenters. The lowest BCUT2D eigenvalue weighted by Crippen LogP contribution is -2.47. The van der Waals surface area contributed by atoms with Crippen LogP contribution in [-0.4, -0.2) is 54.9 Å². The predicted octanol–water partition coefficient (Wildman–Crippen LogP) is 2.50. The van der Waals surface area contributed by atoms with E-state index >= 15 is 0 Å². The van der Waals surface area contributed by atoms with Crippen LogP contribution < -0.4 is 10.2 Å². The van der Waals surface area contributed by atoms with Crippen molar-refractivity contribution in [1.82, 2.24) is 19.8 Å². The van der Waals surface area contributed by atoms with Crippen molar-refractivity contribution in [3.8, 4) is 0 Å². The molecule has 5 rings (SSSR count). The second-order valence-corrected chi connectivity index (χ2v) is 11.3. The first-order valence-electron chi connectivity index (χ1n) is 11.9. The summed E-state index contributed by atoms with van der Waals surface area (Å²) in [7, 11) is -3.48. The van der Waals surface area contributed by atoms with Crippen LogP contribution in [-0.2, 0) is 26.8 Å². The molecule has 1 aromatic heterocycles. The van der Waals surface area contributed by atoms with E-state index in [1.807, 2.05) is 0 Å². The minimum absolute atomic E-state index is 0.0353. The quantitative estimate of drug-likeness (QED) is 0.687. The van der Waals surface area contributed by atoms with Crippen molar-refractivity contribution < 1.29 is 17.7 Å². The van der Waals surface area contributed by atoms with E-state index in [4.69, 9.17) is 4.52 Å². The van der Waals surface area contributed by atoms with Crippen molar-refractivity contribution >= 4 is 21.6 Å². The van der Waals surface area contributed by atoms with E-state index in [0.717, 1.165) is 56.2 Å². The van der Waals surface area contributed by atoms with E-state index in [-0.39, 0.29) is 12.5 Å². The Bertz CT molecular complexity index is 1130. The van der Waals surface area contributed by atoms with Gasteiger partial charge in [-0.05, 0) is 55.9 Å². The molecule has 2 fully saturated rings. The first-order valence-corrected chi connectivity index (χ1v) is 13.3. The van der Waals surface area contributed by atoms with E-state index in [0.29, 0.717) is 42.7 Å². The number of hydrogen-bond acceptors (Lipinski definition) is 7. The summed E-state index contributed by atoms with van der Waals surface area (Å²) < 4.78 is 32.9. The molecule has 3 heterocycles. The zero-order valence-corrected chi connectivity index (χ0v) is 19.9. The maximum Gasteiger partial charge on any atom is 0.243 e. The molecule has 1 aliphatic carbocycles. The summed E-state index contributed by atoms with van der Waals surface area (Å²) in [6.07, 6.45) is 7.38. The average molecular weight is 474 g/mol. The SMILES string of the molecule is Cc1nc(C2(NCC(=O)N3CCc4cc(S(=O)(=O)N5CCCCC5)ccc43)CCCC2)no1. The van der Waals surface area contributed by atoms with Gasteiger partial charge in [0.2, 0.25) is 21.8 Å². The van der Waals surface area contributed by atoms with Gasteiger partial charge in [-0.1, -0.05) is 24.4 Å². The number of benzene rings is 1. The number of fused-ring (bicyclic) bond motifs is 1. The number of piperidine rings is 1. The van der Waals surface area contributed by atoms with Gasteiger partial charge < -0.3 is 9.42 Å². The molecule has 178 valence electrons. The molecule has 1 saturated carbocycles. The molecule has 1 N–H and O–H groups in total. The Labute approximate surface area is 194 Å². The summed E-state index contributed by atoms with van der Waals surface area (Å²) in [5, 5.41) is 7.55. The van der Waals surface area contributed by atoms with Crippen molar-refractivity contribution in [2.24, 2.45) is 0 Å². The zero-order chi connectivity index (χ0) is 23.1. The van der Waals surface area contributed by atoms with Gasteiger partial charge in [0.1, 0.15) is 0 Å². The third-order valence-electron chi connectivity index (χ3n) is 7.19. The van der Waals surface area contributed by atoms with Crippen molar-refractivity contribution in [3.63, 3.8) is 0 Å². The fraction of sp³-hybridized carbons (Fsp3) is 0.609. The van der Waals surface area contributed by atoms with Gasteiger partial charge in [0.05, 0.1) is 17.0 Å². The minimum Gasteiger partial charge on any atom is -0.340 e. The molecule has 0 unspecified atom stereocenters. The largest absolute Gasteiger partial charge is 0.340 e. The number of amides is 1. The van der Waals surface area contributed by atoms with Crippen LogP contribution in [0.5, 0.6) is 0 Å². The Morgan fingerprint density at radius 1 is 1.12 bits per heavy atom. The Hall–Kier alpha value is -2.30. The Kier molecular flexibility index (Phi) is 6.00. The maximum absolute atomic E-state index is 13.1. The van der Waals surface area contributed by atoms with Crippen LogP contribution in [0.2, 0.25) is 0 Å². The molecule has 3 aliphatic rings. The van der Waals surface area contributed by atoms with Gasteiger partial charge >= 0.3 is 0 Å². The fourth-order valence-electron chi connectivity index (χ4n) is 5.34. The van der Waals surface area contributed by atoms with Crippen LogP contribution in [0, 0.1) is 6.92 Å². The molecule has 9 nitrogen and oxygen atoms in total. The molecule has 33 heavy (non-hydrogen) atoms. The highest BCUT2D eigenvalue weighted by Crippen LogP contribution is 2.37. The molecular formula is C23H31N5O4S. The minimum atomic E-state index is -3.48. The summed E-state index contributed by atoms with van der Waals surface area (Å²) in [4.78, 5) is 19.6. The Balaban J connectivity index is 1.30. The first kappa shape index (κ1) is 22.5. The number of carbonyl (C=O) groups excluding carboxylic acids is 1. The number of nitrogens with zero attached hydrogens (tertiary/aromatic N) is 4. The number of aromatic nitrogens is 2. The second-order valence-electron chi connectivity index (χ2n) is 9.33. The maximum atomic E-state index is 13.1. The van der Waals surface area contributed by atoms with Crippen LogP contribution in [0.25, 0.3) is 0 Å². The van der Waals surface area contributed by atoms with Gasteiger partial charge in [-0.2, -0.15) is 9.29 Å². The van der Waals surface area contributed by atoms with Crippen LogP contribution in [0.3, 0.4) is 0 Å². The Morgan fingerprint density at radius 3 is 2.58 bits per heavy atom. The fourth-order valence-corrected chi connectivity index (χ4v) is 6.91. The van der Waals surface area contributed by atoms with Gasteiger partial charge in [0.15, 0.2) is 5.82 Å². The number of hydrogen-bond donors (Lipinski definition) is 1. The number of carbonyl (C=O) groups is 1. The van der Waals surface area contributed by atoms with Crippen molar-refractivity contribution in [1.29, 1.82) is 0 Å². The average Bonchev–Trinajstić information content (AvgIpc) is 3.57. The number of aryl methyl sites for hydroxylation is 1. The summed E-state index contributed by atoms with van der Waals surface area (Å²) >= 11 is 0. The molecule has 1 aromatic carbocycles. The standard InChI is InChI=1S/C23H31N5O4S/c1-17-25-22(26-32-17)23(10-3-4-11-23)24-16-21(29)28-14-9-18-15-19(7-8-20(18)28)33(30,31)27-12-5-2-6-13-27/h7-8,15,24H,2-6,9-14,16H2,1H3. The molecule has 1 saturated heterocycles. The summed E-state index contributed by atoms with van der Waals surface area (Å²) in [6, 6.07) is 5.17. The highest BCUT2D eigenvalue weighted by molar-refractivity contribution is 7.89. The predicted molar refractivity (Wildman–Crippen MR) is 122 cm³/mol. The van der Waals surface area contributed by atoms with Crippen LogP contribution >= 0.6 is 0 Å². The highest BCUT2D eigenvalue weighted by atomic mass is 32.2. The van der Waals surface area contributed by atoms with Crippen molar-refractivity contribution in [3.05, 3.63) is 35.5 Å². The zero-order valence-electron chi connectivity index (χ0n) is 19.0. The van der Waals surface area contributed by atoms with E-state index in [2.05, 4.69) is 15.5 Å². The molecular weight excluding hydrogens is 442 g/mol. The Morgan fingerprint density at radius 2 is 1.88 bits per heavy atom. The molecule has 1 amide bonds. The van der Waals surface area contributed by atoms with Crippen molar-refractivity contribution in [2.45, 2.75) is 68.7 Å². The third-order valence-corrected chi connectivity index (χ3v) is 9.09. The summed E-state index contributed by atoms with van der Waals surface area (Å²) in [5.41, 5.74) is 1.28. The molecule has 0 bridgehead atoms. The van der Waals surface area contributed by atoms with Gasteiger partial charge in [-0.3, -0.25) is 10.1 Å². The second kappa shape index (κ2) is 8.81. The van der Waals surface area contributed by atoms with Crippen LogP contribution in [0.15, 0.2) is 27.6 Å². The number of anilines is 1. The monoisotopic (exact) mass is 473 g/mol. The lowest BCUT2D eigenvalue weighted by atomic mass is 9.96. The molecule has 2 aromatic rings. The van der Waals surface area contributed by atoms with Crippen LogP contribution in [0.4, 0.5) is 5.69 Å². The lowest BCUT2D eigenvalue weighted by Gasteiger charge is -2.28. The van der Waals surface area contributed by atoms with Crippen molar-refractivity contribution in [2.75, 3.05) is 31.1 Å². The molecule has 0 spiro atoms. The number of rotatable bonds is 6. The number of sulfonamides is 1. The smallest absolute Gasteiger partial charge is 0.243 e. The van der Waals surface area contributed by atoms with Gasteiger partial charge in [0.25, 0.3) is 0 Å². The van der Waals surface area contributed by atoms with E-state index < -0.39 is 15.6 Å². The third kappa shape index (κ3) is 4.20. The van der Waals surface area contributed by atoms with Gasteiger partial charge in [-0.15, -0.1) is 0 Å². The first-order chi connectivity index (χ1) is 15.9. The normalized spacial score (nSPS) is 20.8. The van der Waals surface area contributed by atoms with E-state index in [1.54, 1.807) is 34.3 Å². The molecule has 0 radical (unpaired) electrons. The van der Waals surface area contributed by atoms with E-state index in [9.17, 15) is 13.2 Å². The van der Waals surface area contributed by atoms with Crippen LogP contribution in [0.1, 0.15) is 62.2 Å². The number of nitrogens with one attached hydrogen (secondary N) is 1. The highest BCUT2D eigenvalue weighted by Gasteiger charge is 2.40. The topological polar surface area (TPSA) is 109 Å². The van der Waals surface area contributed by atoms with Gasteiger partial charge in [-0.25, -0.2) is 8.42 Å². The summed E-state index contributed by atoms with van der Waals surface area (Å²) in [5.74, 6) is 1.11. The molecule has 2 aliphatic heterocycles. The molecule has 10 heteroatoms. The lowest BCUT2D eigenvalue weighted by molar-refractivity contribution is -0.118. The van der Waals surface area contributed by atoms with Gasteiger partial charge in [0, 0.05) is 32.2 Å².